The first kappa shape index (κ1) is 16.9. The normalized spacial score (nSPS) is 16.7. The van der Waals surface area contributed by atoms with Crippen molar-refractivity contribution in [2.75, 3.05) is 18.0 Å². The number of rotatable bonds is 4. The van der Waals surface area contributed by atoms with E-state index in [1.165, 1.54) is 0 Å². The van der Waals surface area contributed by atoms with Crippen LogP contribution in [0.2, 0.25) is 0 Å². The molecule has 0 saturated carbocycles. The zero-order valence-electron chi connectivity index (χ0n) is 13.3. The van der Waals surface area contributed by atoms with Crippen molar-refractivity contribution in [1.29, 1.82) is 0 Å². The second-order valence-electron chi connectivity index (χ2n) is 5.91. The van der Waals surface area contributed by atoms with Gasteiger partial charge >= 0.3 is 0 Å². The molecule has 2 aromatic carbocycles. The zero-order valence-corrected chi connectivity index (χ0v) is 13.3. The number of nitrogens with one attached hydrogen (secondary N) is 1. The summed E-state index contributed by atoms with van der Waals surface area (Å²) in [5.74, 6) is -2.74. The smallest absolute Gasteiger partial charge is 0.254 e. The lowest BCUT2D eigenvalue weighted by atomic mass is 10.1. The third kappa shape index (κ3) is 3.60. The third-order valence-electron chi connectivity index (χ3n) is 4.21. The van der Waals surface area contributed by atoms with Crippen LogP contribution in [0.25, 0.3) is 0 Å². The van der Waals surface area contributed by atoms with Gasteiger partial charge in [0.15, 0.2) is 0 Å². The maximum atomic E-state index is 13.7. The predicted octanol–water partition coefficient (Wildman–Crippen LogP) is 2.07. The van der Waals surface area contributed by atoms with Crippen LogP contribution >= 0.6 is 0 Å². The highest BCUT2D eigenvalue weighted by Crippen LogP contribution is 2.24. The molecule has 3 N–H and O–H groups in total. The number of amides is 2. The van der Waals surface area contributed by atoms with Gasteiger partial charge in [0.25, 0.3) is 11.8 Å². The van der Waals surface area contributed by atoms with Crippen molar-refractivity contribution in [2.45, 2.75) is 12.5 Å². The van der Waals surface area contributed by atoms with Crippen LogP contribution in [0.5, 0.6) is 0 Å². The van der Waals surface area contributed by atoms with E-state index in [0.717, 1.165) is 12.1 Å². The number of hydrogen-bond donors (Lipinski definition) is 2. The van der Waals surface area contributed by atoms with E-state index in [-0.39, 0.29) is 11.6 Å². The van der Waals surface area contributed by atoms with Crippen molar-refractivity contribution >= 4 is 17.5 Å². The van der Waals surface area contributed by atoms with E-state index in [1.54, 1.807) is 18.2 Å². The van der Waals surface area contributed by atoms with Crippen molar-refractivity contribution in [3.05, 3.63) is 65.2 Å². The fraction of sp³-hybridized carbons (Fsp3) is 0.222. The third-order valence-corrected chi connectivity index (χ3v) is 4.21. The molecule has 25 heavy (non-hydrogen) atoms. The van der Waals surface area contributed by atoms with Crippen LogP contribution < -0.4 is 16.0 Å². The van der Waals surface area contributed by atoms with Gasteiger partial charge in [0, 0.05) is 30.9 Å². The molecule has 1 saturated heterocycles. The molecule has 0 spiro atoms. The quantitative estimate of drug-likeness (QED) is 0.891. The molecule has 1 atom stereocenters. The molecule has 1 unspecified atom stereocenters. The summed E-state index contributed by atoms with van der Waals surface area (Å²) >= 11 is 0. The van der Waals surface area contributed by atoms with Crippen molar-refractivity contribution in [3.63, 3.8) is 0 Å². The summed E-state index contributed by atoms with van der Waals surface area (Å²) in [6.07, 6.45) is 0.641. The Balaban J connectivity index is 1.69. The van der Waals surface area contributed by atoms with Crippen LogP contribution in [0.3, 0.4) is 0 Å². The van der Waals surface area contributed by atoms with Crippen LogP contribution in [0.1, 0.15) is 27.1 Å². The standard InChI is InChI=1S/C18H17F2N3O2/c19-11-5-6-13(15(20)9-11)18(25)22-12-7-8-23(10-12)16-4-2-1-3-14(16)17(21)24/h1-6,9,12H,7-8,10H2,(H2,21,24)(H,22,25). The molecule has 2 amide bonds. The van der Waals surface area contributed by atoms with Gasteiger partial charge in [-0.25, -0.2) is 8.78 Å². The maximum absolute atomic E-state index is 13.7. The van der Waals surface area contributed by atoms with Crippen LogP contribution in [-0.4, -0.2) is 30.9 Å². The molecular formula is C18H17F2N3O2. The lowest BCUT2D eigenvalue weighted by Gasteiger charge is -2.21. The van der Waals surface area contributed by atoms with Crippen LogP contribution in [0.15, 0.2) is 42.5 Å². The molecule has 0 bridgehead atoms. The number of carbonyl (C=O) groups is 2. The SMILES string of the molecule is NC(=O)c1ccccc1N1CCC(NC(=O)c2ccc(F)cc2F)C1. The topological polar surface area (TPSA) is 75.4 Å². The Labute approximate surface area is 143 Å². The minimum atomic E-state index is -0.897. The molecular weight excluding hydrogens is 328 g/mol. The number of nitrogens with zero attached hydrogens (tertiary/aromatic N) is 1. The van der Waals surface area contributed by atoms with Crippen molar-refractivity contribution in [3.8, 4) is 0 Å². The molecule has 1 heterocycles. The summed E-state index contributed by atoms with van der Waals surface area (Å²) in [4.78, 5) is 25.7. The Morgan fingerprint density at radius 2 is 1.88 bits per heavy atom. The molecule has 3 rings (SSSR count). The average molecular weight is 345 g/mol. The first-order valence-corrected chi connectivity index (χ1v) is 7.85. The number of carbonyl (C=O) groups excluding carboxylic acids is 2. The van der Waals surface area contributed by atoms with Gasteiger partial charge in [-0.15, -0.1) is 0 Å². The van der Waals surface area contributed by atoms with E-state index >= 15 is 0 Å². The molecule has 1 aliphatic heterocycles. The Kier molecular flexibility index (Phi) is 4.65. The van der Waals surface area contributed by atoms with Gasteiger partial charge in [-0.1, -0.05) is 12.1 Å². The summed E-state index contributed by atoms with van der Waals surface area (Å²) in [5.41, 5.74) is 6.32. The summed E-state index contributed by atoms with van der Waals surface area (Å²) in [6.45, 7) is 1.10. The molecule has 1 fully saturated rings. The van der Waals surface area contributed by atoms with Crippen molar-refractivity contribution < 1.29 is 18.4 Å². The molecule has 2 aromatic rings. The number of anilines is 1. The number of para-hydroxylation sites is 1. The first-order valence-electron chi connectivity index (χ1n) is 7.85. The molecule has 5 nitrogen and oxygen atoms in total. The van der Waals surface area contributed by atoms with Crippen LogP contribution in [0, 0.1) is 11.6 Å². The van der Waals surface area contributed by atoms with Crippen molar-refractivity contribution in [1.82, 2.24) is 5.32 Å². The van der Waals surface area contributed by atoms with Gasteiger partial charge in [-0.3, -0.25) is 9.59 Å². The Bertz CT molecular complexity index is 826. The zero-order chi connectivity index (χ0) is 18.0. The van der Waals surface area contributed by atoms with Gasteiger partial charge in [0.2, 0.25) is 0 Å². The molecule has 0 aliphatic carbocycles. The lowest BCUT2D eigenvalue weighted by molar-refractivity contribution is 0.0935. The Hall–Kier alpha value is -2.96. The summed E-state index contributed by atoms with van der Waals surface area (Å²) in [5, 5.41) is 2.74. The van der Waals surface area contributed by atoms with E-state index in [0.29, 0.717) is 36.8 Å². The minimum absolute atomic E-state index is 0.197. The van der Waals surface area contributed by atoms with Crippen LogP contribution in [0.4, 0.5) is 14.5 Å². The van der Waals surface area contributed by atoms with Gasteiger partial charge < -0.3 is 16.0 Å². The average Bonchev–Trinajstić information content (AvgIpc) is 3.03. The maximum Gasteiger partial charge on any atom is 0.254 e. The van der Waals surface area contributed by atoms with E-state index in [4.69, 9.17) is 5.73 Å². The van der Waals surface area contributed by atoms with Gasteiger partial charge in [-0.05, 0) is 30.7 Å². The van der Waals surface area contributed by atoms with Gasteiger partial charge in [-0.2, -0.15) is 0 Å². The lowest BCUT2D eigenvalue weighted by Crippen LogP contribution is -2.37. The number of nitrogens with two attached hydrogens (primary N) is 1. The number of benzene rings is 2. The molecule has 1 aliphatic rings. The second kappa shape index (κ2) is 6.88. The molecule has 0 aromatic heterocycles. The largest absolute Gasteiger partial charge is 0.369 e. The monoisotopic (exact) mass is 345 g/mol. The number of primary amides is 1. The molecule has 130 valence electrons. The van der Waals surface area contributed by atoms with Crippen LogP contribution in [-0.2, 0) is 0 Å². The molecule has 7 heteroatoms. The predicted molar refractivity (Wildman–Crippen MR) is 89.4 cm³/mol. The van der Waals surface area contributed by atoms with E-state index in [2.05, 4.69) is 5.32 Å². The fourth-order valence-electron chi connectivity index (χ4n) is 2.99. The molecule has 0 radical (unpaired) electrons. The first-order chi connectivity index (χ1) is 12.0. The highest BCUT2D eigenvalue weighted by atomic mass is 19.1. The number of halogens is 2. The summed E-state index contributed by atoms with van der Waals surface area (Å²) < 4.78 is 26.6. The summed E-state index contributed by atoms with van der Waals surface area (Å²) in [6, 6.07) is 9.62. The second-order valence-corrected chi connectivity index (χ2v) is 5.91. The van der Waals surface area contributed by atoms with Crippen molar-refractivity contribution in [2.24, 2.45) is 5.73 Å². The fourth-order valence-corrected chi connectivity index (χ4v) is 2.99. The Morgan fingerprint density at radius 3 is 2.60 bits per heavy atom. The Morgan fingerprint density at radius 1 is 1.12 bits per heavy atom. The minimum Gasteiger partial charge on any atom is -0.369 e. The highest BCUT2D eigenvalue weighted by molar-refractivity contribution is 5.98. The number of hydrogen-bond acceptors (Lipinski definition) is 3. The van der Waals surface area contributed by atoms with E-state index in [9.17, 15) is 18.4 Å². The summed E-state index contributed by atoms with van der Waals surface area (Å²) in [7, 11) is 0. The highest BCUT2D eigenvalue weighted by Gasteiger charge is 2.27. The van der Waals surface area contributed by atoms with E-state index in [1.807, 2.05) is 11.0 Å². The van der Waals surface area contributed by atoms with E-state index < -0.39 is 23.4 Å². The van der Waals surface area contributed by atoms with Gasteiger partial charge in [0.05, 0.1) is 11.1 Å². The van der Waals surface area contributed by atoms with Gasteiger partial charge in [0.1, 0.15) is 11.6 Å².